The molecule has 3 heteroatoms. The lowest BCUT2D eigenvalue weighted by Gasteiger charge is -2.26. The van der Waals surface area contributed by atoms with Crippen LogP contribution >= 0.6 is 0 Å². The second kappa shape index (κ2) is 13.1. The first-order valence-corrected chi connectivity index (χ1v) is 16.1. The molecule has 1 heterocycles. The number of hydrogen-bond acceptors (Lipinski definition) is 3. The smallest absolute Gasteiger partial charge is 0.127 e. The molecular weight excluding hydrogens is 585 g/mol. The Bertz CT molecular complexity index is 2270. The van der Waals surface area contributed by atoms with Crippen molar-refractivity contribution >= 4 is 27.8 Å². The third-order valence-corrected chi connectivity index (χ3v) is 8.64. The highest BCUT2D eigenvalue weighted by atomic mass is 16.5. The zero-order valence-electron chi connectivity index (χ0n) is 26.3. The van der Waals surface area contributed by atoms with Crippen LogP contribution in [0, 0.1) is 0 Å². The molecule has 0 aliphatic heterocycles. The van der Waals surface area contributed by atoms with Gasteiger partial charge in [0.05, 0.1) is 0 Å². The lowest BCUT2D eigenvalue weighted by molar-refractivity contribution is 0.483. The number of aromatic nitrogens is 1. The summed E-state index contributed by atoms with van der Waals surface area (Å²) in [5, 5.41) is 2.48. The molecule has 48 heavy (non-hydrogen) atoms. The Morgan fingerprint density at radius 1 is 0.375 bits per heavy atom. The van der Waals surface area contributed by atoms with Gasteiger partial charge in [0.1, 0.15) is 11.5 Å². The minimum Gasteiger partial charge on any atom is -0.457 e. The third kappa shape index (κ3) is 5.93. The van der Waals surface area contributed by atoms with Crippen molar-refractivity contribution in [2.75, 3.05) is 4.90 Å². The van der Waals surface area contributed by atoms with Crippen LogP contribution in [0.4, 0.5) is 17.1 Å². The summed E-state index contributed by atoms with van der Waals surface area (Å²) < 4.78 is 6.11. The fourth-order valence-electron chi connectivity index (χ4n) is 6.30. The van der Waals surface area contributed by atoms with E-state index in [9.17, 15) is 0 Å². The van der Waals surface area contributed by atoms with Crippen LogP contribution in [0.25, 0.3) is 44.2 Å². The van der Waals surface area contributed by atoms with E-state index >= 15 is 0 Å². The Morgan fingerprint density at radius 2 is 0.896 bits per heavy atom. The fraction of sp³-hybridized carbons (Fsp3) is 0. The molecule has 7 aromatic carbocycles. The Morgan fingerprint density at radius 3 is 1.56 bits per heavy atom. The minimum atomic E-state index is 0.790. The van der Waals surface area contributed by atoms with E-state index in [0.717, 1.165) is 39.7 Å². The predicted octanol–water partition coefficient (Wildman–Crippen LogP) is 12.5. The molecule has 0 atom stereocenters. The standard InChI is InChI=1S/C45H32N2O/c1-3-10-37(11-4-1)45-43-14-8-7-9-35(43)19-28-44(45)36-17-22-39(23-18-36)47(38-20-15-33(16-21-38)34-29-31-46-32-30-34)40-24-26-42(27-25-40)48-41-12-5-2-6-13-41/h1-32H. The number of nitrogens with zero attached hydrogens (tertiary/aromatic N) is 2. The average molecular weight is 617 g/mol. The molecule has 8 aromatic rings. The van der Waals surface area contributed by atoms with Gasteiger partial charge in [0, 0.05) is 29.5 Å². The van der Waals surface area contributed by atoms with Gasteiger partial charge in [-0.1, -0.05) is 109 Å². The van der Waals surface area contributed by atoms with Crippen LogP contribution in [0.1, 0.15) is 0 Å². The number of benzene rings is 7. The molecule has 0 N–H and O–H groups in total. The lowest BCUT2D eigenvalue weighted by atomic mass is 9.90. The van der Waals surface area contributed by atoms with Gasteiger partial charge >= 0.3 is 0 Å². The number of rotatable bonds is 8. The first-order valence-electron chi connectivity index (χ1n) is 16.1. The molecule has 0 spiro atoms. The van der Waals surface area contributed by atoms with Crippen molar-refractivity contribution in [3.8, 4) is 44.9 Å². The molecule has 0 radical (unpaired) electrons. The zero-order valence-corrected chi connectivity index (χ0v) is 26.3. The fourth-order valence-corrected chi connectivity index (χ4v) is 6.30. The second-order valence-electron chi connectivity index (χ2n) is 11.6. The van der Waals surface area contributed by atoms with Crippen molar-refractivity contribution in [1.82, 2.24) is 4.98 Å². The Kier molecular flexibility index (Phi) is 7.92. The molecular formula is C45H32N2O. The number of ether oxygens (including phenoxy) is 1. The molecule has 0 saturated carbocycles. The first kappa shape index (κ1) is 29.0. The van der Waals surface area contributed by atoms with E-state index in [1.54, 1.807) is 0 Å². The number of fused-ring (bicyclic) bond motifs is 1. The van der Waals surface area contributed by atoms with Crippen LogP contribution in [0.3, 0.4) is 0 Å². The maximum absolute atomic E-state index is 6.11. The van der Waals surface area contributed by atoms with Crippen molar-refractivity contribution in [1.29, 1.82) is 0 Å². The highest BCUT2D eigenvalue weighted by Crippen LogP contribution is 2.41. The monoisotopic (exact) mass is 616 g/mol. The van der Waals surface area contributed by atoms with Crippen molar-refractivity contribution in [2.45, 2.75) is 0 Å². The molecule has 0 fully saturated rings. The number of para-hydroxylation sites is 1. The summed E-state index contributed by atoms with van der Waals surface area (Å²) in [6.07, 6.45) is 3.66. The van der Waals surface area contributed by atoms with Gasteiger partial charge in [-0.3, -0.25) is 4.98 Å². The van der Waals surface area contributed by atoms with Crippen LogP contribution in [0.15, 0.2) is 194 Å². The van der Waals surface area contributed by atoms with Crippen LogP contribution in [0.2, 0.25) is 0 Å². The third-order valence-electron chi connectivity index (χ3n) is 8.64. The number of pyridine rings is 1. The van der Waals surface area contributed by atoms with Crippen LogP contribution in [-0.2, 0) is 0 Å². The van der Waals surface area contributed by atoms with E-state index in [4.69, 9.17) is 4.74 Å². The molecule has 0 aliphatic rings. The highest BCUT2D eigenvalue weighted by molar-refractivity contribution is 6.04. The quantitative estimate of drug-likeness (QED) is 0.170. The van der Waals surface area contributed by atoms with Crippen molar-refractivity contribution < 1.29 is 4.74 Å². The summed E-state index contributed by atoms with van der Waals surface area (Å²) in [6.45, 7) is 0. The van der Waals surface area contributed by atoms with E-state index in [2.05, 4.69) is 137 Å². The number of hydrogen-bond donors (Lipinski definition) is 0. The topological polar surface area (TPSA) is 25.4 Å². The molecule has 0 bridgehead atoms. The van der Waals surface area contributed by atoms with Gasteiger partial charge in [-0.2, -0.15) is 0 Å². The summed E-state index contributed by atoms with van der Waals surface area (Å²) in [5.74, 6) is 1.60. The van der Waals surface area contributed by atoms with E-state index < -0.39 is 0 Å². The predicted molar refractivity (Wildman–Crippen MR) is 199 cm³/mol. The van der Waals surface area contributed by atoms with E-state index in [0.29, 0.717) is 0 Å². The van der Waals surface area contributed by atoms with Gasteiger partial charge in [-0.25, -0.2) is 0 Å². The van der Waals surface area contributed by atoms with Crippen LogP contribution in [0.5, 0.6) is 11.5 Å². The van der Waals surface area contributed by atoms with Gasteiger partial charge < -0.3 is 9.64 Å². The van der Waals surface area contributed by atoms with Gasteiger partial charge in [-0.15, -0.1) is 0 Å². The Balaban J connectivity index is 1.19. The minimum absolute atomic E-state index is 0.790. The summed E-state index contributed by atoms with van der Waals surface area (Å²) in [5.41, 5.74) is 10.3. The number of anilines is 3. The maximum Gasteiger partial charge on any atom is 0.127 e. The highest BCUT2D eigenvalue weighted by Gasteiger charge is 2.16. The molecule has 0 saturated heterocycles. The molecule has 0 unspecified atom stereocenters. The Labute approximate surface area is 281 Å². The largest absolute Gasteiger partial charge is 0.457 e. The molecule has 0 amide bonds. The summed E-state index contributed by atoms with van der Waals surface area (Å²) in [6, 6.07) is 63.6. The van der Waals surface area contributed by atoms with Gasteiger partial charge in [0.2, 0.25) is 0 Å². The summed E-state index contributed by atoms with van der Waals surface area (Å²) in [7, 11) is 0. The average Bonchev–Trinajstić information content (AvgIpc) is 3.17. The van der Waals surface area contributed by atoms with Crippen molar-refractivity contribution in [3.63, 3.8) is 0 Å². The van der Waals surface area contributed by atoms with E-state index in [1.807, 2.05) is 67.0 Å². The van der Waals surface area contributed by atoms with Gasteiger partial charge in [-0.05, 0) is 117 Å². The van der Waals surface area contributed by atoms with E-state index in [1.165, 1.54) is 33.0 Å². The SMILES string of the molecule is c1ccc(Oc2ccc(N(c3ccc(-c4ccncc4)cc3)c3ccc(-c4ccc5ccccc5c4-c4ccccc4)cc3)cc2)cc1. The second-order valence-corrected chi connectivity index (χ2v) is 11.6. The van der Waals surface area contributed by atoms with Crippen LogP contribution in [-0.4, -0.2) is 4.98 Å². The zero-order chi connectivity index (χ0) is 32.1. The molecule has 1 aromatic heterocycles. The molecule has 3 nitrogen and oxygen atoms in total. The summed E-state index contributed by atoms with van der Waals surface area (Å²) in [4.78, 5) is 6.46. The first-order chi connectivity index (χ1) is 23.8. The molecule has 228 valence electrons. The Hall–Kier alpha value is -6.45. The lowest BCUT2D eigenvalue weighted by Crippen LogP contribution is -2.09. The van der Waals surface area contributed by atoms with Crippen molar-refractivity contribution in [2.24, 2.45) is 0 Å². The normalized spacial score (nSPS) is 10.9. The van der Waals surface area contributed by atoms with E-state index in [-0.39, 0.29) is 0 Å². The maximum atomic E-state index is 6.11. The molecule has 8 rings (SSSR count). The van der Waals surface area contributed by atoms with Crippen LogP contribution < -0.4 is 9.64 Å². The van der Waals surface area contributed by atoms with Gasteiger partial charge in [0.25, 0.3) is 0 Å². The summed E-state index contributed by atoms with van der Waals surface area (Å²) >= 11 is 0. The van der Waals surface area contributed by atoms with Gasteiger partial charge in [0.15, 0.2) is 0 Å². The molecule has 0 aliphatic carbocycles. The van der Waals surface area contributed by atoms with Crippen molar-refractivity contribution in [3.05, 3.63) is 194 Å².